The van der Waals surface area contributed by atoms with Gasteiger partial charge in [-0.3, -0.25) is 4.79 Å². The molecule has 0 bridgehead atoms. The molecule has 1 aromatic rings. The Labute approximate surface area is 116 Å². The van der Waals surface area contributed by atoms with E-state index in [1.54, 1.807) is 0 Å². The zero-order chi connectivity index (χ0) is 13.9. The average Bonchev–Trinajstić information content (AvgIpc) is 2.46. The van der Waals surface area contributed by atoms with E-state index >= 15 is 0 Å². The SMILES string of the molecule is CCCC[C@@H](CC)CNC(=O)COc1ccccc1. The number of hydrogen-bond donors (Lipinski definition) is 1. The lowest BCUT2D eigenvalue weighted by molar-refractivity contribution is -0.123. The number of ether oxygens (including phenoxy) is 1. The van der Waals surface area contributed by atoms with E-state index in [0.717, 1.165) is 18.7 Å². The summed E-state index contributed by atoms with van der Waals surface area (Å²) in [5, 5.41) is 2.95. The Morgan fingerprint density at radius 2 is 2.00 bits per heavy atom. The highest BCUT2D eigenvalue weighted by Gasteiger charge is 2.08. The van der Waals surface area contributed by atoms with Crippen LogP contribution in [0, 0.1) is 5.92 Å². The Bertz CT molecular complexity index is 351. The molecule has 1 rings (SSSR count). The van der Waals surface area contributed by atoms with Gasteiger partial charge in [0.15, 0.2) is 6.61 Å². The van der Waals surface area contributed by atoms with Crippen LogP contribution in [0.2, 0.25) is 0 Å². The fraction of sp³-hybridized carbons (Fsp3) is 0.562. The molecule has 0 unspecified atom stereocenters. The summed E-state index contributed by atoms with van der Waals surface area (Å²) in [5.41, 5.74) is 0. The molecule has 106 valence electrons. The van der Waals surface area contributed by atoms with Crippen LogP contribution >= 0.6 is 0 Å². The first-order valence-corrected chi connectivity index (χ1v) is 7.20. The largest absolute Gasteiger partial charge is 0.484 e. The molecule has 0 saturated carbocycles. The predicted molar refractivity (Wildman–Crippen MR) is 78.3 cm³/mol. The molecule has 0 saturated heterocycles. The molecule has 0 radical (unpaired) electrons. The highest BCUT2D eigenvalue weighted by Crippen LogP contribution is 2.11. The molecule has 0 heterocycles. The molecule has 0 spiro atoms. The van der Waals surface area contributed by atoms with Crippen molar-refractivity contribution in [2.75, 3.05) is 13.2 Å². The maximum absolute atomic E-state index is 11.7. The van der Waals surface area contributed by atoms with E-state index in [9.17, 15) is 4.79 Å². The average molecular weight is 263 g/mol. The molecule has 19 heavy (non-hydrogen) atoms. The topological polar surface area (TPSA) is 38.3 Å². The van der Waals surface area contributed by atoms with Gasteiger partial charge in [-0.25, -0.2) is 0 Å². The van der Waals surface area contributed by atoms with Crippen LogP contribution in [0.1, 0.15) is 39.5 Å². The second-order valence-corrected chi connectivity index (χ2v) is 4.82. The van der Waals surface area contributed by atoms with Crippen molar-refractivity contribution in [3.05, 3.63) is 30.3 Å². The minimum atomic E-state index is -0.0428. The number of carbonyl (C=O) groups is 1. The van der Waals surface area contributed by atoms with Crippen LogP contribution in [0.4, 0.5) is 0 Å². The second-order valence-electron chi connectivity index (χ2n) is 4.82. The van der Waals surface area contributed by atoms with Crippen LogP contribution in [0.5, 0.6) is 5.75 Å². The Morgan fingerprint density at radius 3 is 2.63 bits per heavy atom. The van der Waals surface area contributed by atoms with Crippen LogP contribution in [-0.2, 0) is 4.79 Å². The van der Waals surface area contributed by atoms with Gasteiger partial charge in [0.1, 0.15) is 5.75 Å². The highest BCUT2D eigenvalue weighted by atomic mass is 16.5. The van der Waals surface area contributed by atoms with Gasteiger partial charge in [0.05, 0.1) is 0 Å². The third-order valence-electron chi connectivity index (χ3n) is 3.24. The Morgan fingerprint density at radius 1 is 1.26 bits per heavy atom. The summed E-state index contributed by atoms with van der Waals surface area (Å²) in [6.45, 7) is 5.22. The number of benzene rings is 1. The molecule has 1 aromatic carbocycles. The number of carbonyl (C=O) groups excluding carboxylic acids is 1. The van der Waals surface area contributed by atoms with Crippen molar-refractivity contribution < 1.29 is 9.53 Å². The smallest absolute Gasteiger partial charge is 0.257 e. The summed E-state index contributed by atoms with van der Waals surface area (Å²) in [5.74, 6) is 1.27. The van der Waals surface area contributed by atoms with Gasteiger partial charge in [-0.1, -0.05) is 51.3 Å². The molecule has 0 aliphatic rings. The summed E-state index contributed by atoms with van der Waals surface area (Å²) >= 11 is 0. The third kappa shape index (κ3) is 6.85. The lowest BCUT2D eigenvalue weighted by atomic mass is 9.99. The van der Waals surface area contributed by atoms with Gasteiger partial charge in [0.2, 0.25) is 0 Å². The van der Waals surface area contributed by atoms with E-state index in [2.05, 4.69) is 19.2 Å². The zero-order valence-corrected chi connectivity index (χ0v) is 12.0. The van der Waals surface area contributed by atoms with Crippen molar-refractivity contribution in [1.29, 1.82) is 0 Å². The Kier molecular flexibility index (Phi) is 7.71. The van der Waals surface area contributed by atoms with Crippen LogP contribution in [0.25, 0.3) is 0 Å². The van der Waals surface area contributed by atoms with Gasteiger partial charge in [-0.2, -0.15) is 0 Å². The highest BCUT2D eigenvalue weighted by molar-refractivity contribution is 5.77. The summed E-state index contributed by atoms with van der Waals surface area (Å²) in [6.07, 6.45) is 4.74. The molecule has 1 amide bonds. The van der Waals surface area contributed by atoms with Crippen molar-refractivity contribution in [3.8, 4) is 5.75 Å². The van der Waals surface area contributed by atoms with Crippen molar-refractivity contribution in [3.63, 3.8) is 0 Å². The molecule has 0 fully saturated rings. The minimum absolute atomic E-state index is 0.0428. The normalized spacial score (nSPS) is 11.9. The van der Waals surface area contributed by atoms with Crippen molar-refractivity contribution in [1.82, 2.24) is 5.32 Å². The molecule has 0 aliphatic carbocycles. The fourth-order valence-corrected chi connectivity index (χ4v) is 1.92. The van der Waals surface area contributed by atoms with Gasteiger partial charge < -0.3 is 10.1 Å². The molecule has 3 nitrogen and oxygen atoms in total. The van der Waals surface area contributed by atoms with E-state index in [0.29, 0.717) is 5.92 Å². The molecule has 1 N–H and O–H groups in total. The maximum Gasteiger partial charge on any atom is 0.257 e. The maximum atomic E-state index is 11.7. The first-order valence-electron chi connectivity index (χ1n) is 7.20. The standard InChI is InChI=1S/C16H25NO2/c1-3-5-9-14(4-2)12-17-16(18)13-19-15-10-7-6-8-11-15/h6-8,10-11,14H,3-5,9,12-13H2,1-2H3,(H,17,18)/t14-/m1/s1. The monoisotopic (exact) mass is 263 g/mol. The van der Waals surface area contributed by atoms with Gasteiger partial charge in [-0.15, -0.1) is 0 Å². The summed E-state index contributed by atoms with van der Waals surface area (Å²) in [6, 6.07) is 9.41. The summed E-state index contributed by atoms with van der Waals surface area (Å²) in [7, 11) is 0. The van der Waals surface area contributed by atoms with Crippen LogP contribution in [0.15, 0.2) is 30.3 Å². The molecule has 1 atom stereocenters. The van der Waals surface area contributed by atoms with Crippen LogP contribution in [0.3, 0.4) is 0 Å². The van der Waals surface area contributed by atoms with Gasteiger partial charge in [-0.05, 0) is 24.5 Å². The number of para-hydroxylation sites is 1. The zero-order valence-electron chi connectivity index (χ0n) is 12.0. The third-order valence-corrected chi connectivity index (χ3v) is 3.24. The van der Waals surface area contributed by atoms with Gasteiger partial charge >= 0.3 is 0 Å². The van der Waals surface area contributed by atoms with E-state index in [1.807, 2.05) is 30.3 Å². The fourth-order valence-electron chi connectivity index (χ4n) is 1.92. The first kappa shape index (κ1) is 15.5. The quantitative estimate of drug-likeness (QED) is 0.741. The van der Waals surface area contributed by atoms with Crippen LogP contribution in [-0.4, -0.2) is 19.1 Å². The van der Waals surface area contributed by atoms with Crippen molar-refractivity contribution in [2.45, 2.75) is 39.5 Å². The Balaban J connectivity index is 2.20. The predicted octanol–water partition coefficient (Wildman–Crippen LogP) is 3.40. The van der Waals surface area contributed by atoms with Crippen LogP contribution < -0.4 is 10.1 Å². The molecular formula is C16H25NO2. The van der Waals surface area contributed by atoms with Gasteiger partial charge in [0, 0.05) is 6.54 Å². The molecule has 0 aliphatic heterocycles. The Hall–Kier alpha value is -1.51. The molecule has 3 heteroatoms. The number of nitrogens with one attached hydrogen (secondary N) is 1. The molecule has 0 aromatic heterocycles. The minimum Gasteiger partial charge on any atom is -0.484 e. The van der Waals surface area contributed by atoms with Crippen molar-refractivity contribution in [2.24, 2.45) is 5.92 Å². The van der Waals surface area contributed by atoms with E-state index in [1.165, 1.54) is 19.3 Å². The summed E-state index contributed by atoms with van der Waals surface area (Å²) in [4.78, 5) is 11.7. The number of amides is 1. The summed E-state index contributed by atoms with van der Waals surface area (Å²) < 4.78 is 5.40. The van der Waals surface area contributed by atoms with E-state index < -0.39 is 0 Å². The lowest BCUT2D eigenvalue weighted by Gasteiger charge is -2.15. The molecular weight excluding hydrogens is 238 g/mol. The first-order chi connectivity index (χ1) is 9.26. The van der Waals surface area contributed by atoms with Gasteiger partial charge in [0.25, 0.3) is 5.91 Å². The second kappa shape index (κ2) is 9.42. The lowest BCUT2D eigenvalue weighted by Crippen LogP contribution is -2.33. The number of unbranched alkanes of at least 4 members (excludes halogenated alkanes) is 1. The number of rotatable bonds is 9. The number of hydrogen-bond acceptors (Lipinski definition) is 2. The van der Waals surface area contributed by atoms with Crippen molar-refractivity contribution >= 4 is 5.91 Å². The van der Waals surface area contributed by atoms with E-state index in [-0.39, 0.29) is 12.5 Å². The van der Waals surface area contributed by atoms with E-state index in [4.69, 9.17) is 4.74 Å².